The summed E-state index contributed by atoms with van der Waals surface area (Å²) in [6, 6.07) is 3.36. The Balaban J connectivity index is 1.95. The summed E-state index contributed by atoms with van der Waals surface area (Å²) in [7, 11) is 1.61. The third-order valence-corrected chi connectivity index (χ3v) is 3.87. The summed E-state index contributed by atoms with van der Waals surface area (Å²) in [6.07, 6.45) is 1.71. The van der Waals surface area contributed by atoms with Gasteiger partial charge in [0, 0.05) is 17.3 Å². The van der Waals surface area contributed by atoms with E-state index in [1.165, 1.54) is 4.68 Å². The maximum Gasteiger partial charge on any atom is 0.437 e. The van der Waals surface area contributed by atoms with Crippen molar-refractivity contribution in [1.82, 2.24) is 14.8 Å². The van der Waals surface area contributed by atoms with E-state index in [1.54, 1.807) is 25.4 Å². The minimum Gasteiger partial charge on any atom is -0.496 e. The van der Waals surface area contributed by atoms with Crippen LogP contribution in [0, 0.1) is 13.8 Å². The molecule has 3 heterocycles. The van der Waals surface area contributed by atoms with Crippen molar-refractivity contribution in [3.8, 4) is 17.4 Å². The molecule has 0 saturated heterocycles. The summed E-state index contributed by atoms with van der Waals surface area (Å²) in [5, 5.41) is 4.15. The molecule has 3 aromatic heterocycles. The molecule has 3 rings (SSSR count). The van der Waals surface area contributed by atoms with Gasteiger partial charge in [0.15, 0.2) is 10.4 Å². The molecule has 0 aliphatic carbocycles. The third-order valence-electron chi connectivity index (χ3n) is 3.44. The first-order chi connectivity index (χ1) is 11.0. The highest BCUT2D eigenvalue weighted by Crippen LogP contribution is 2.25. The Bertz CT molecular complexity index is 910. The fraction of sp³-hybridized carbons (Fsp3) is 0.267. The Labute approximate surface area is 140 Å². The first kappa shape index (κ1) is 15.5. The van der Waals surface area contributed by atoms with E-state index in [2.05, 4.69) is 26.0 Å². The Kier molecular flexibility index (Phi) is 4.08. The number of halogens is 1. The number of pyridine rings is 1. The maximum atomic E-state index is 12.0. The van der Waals surface area contributed by atoms with E-state index in [0.29, 0.717) is 16.1 Å². The molecule has 0 unspecified atom stereocenters. The molecular formula is C15H14BrN3O4. The average Bonchev–Trinajstić information content (AvgIpc) is 3.09. The number of aromatic nitrogens is 3. The predicted octanol–water partition coefficient (Wildman–Crippen LogP) is 2.93. The van der Waals surface area contributed by atoms with Crippen molar-refractivity contribution in [3.63, 3.8) is 0 Å². The highest BCUT2D eigenvalue weighted by atomic mass is 79.9. The van der Waals surface area contributed by atoms with Crippen LogP contribution >= 0.6 is 15.9 Å². The molecule has 8 heteroatoms. The molecule has 0 bridgehead atoms. The fourth-order valence-corrected chi connectivity index (χ4v) is 2.61. The number of hydrogen-bond donors (Lipinski definition) is 0. The molecule has 3 aromatic rings. The summed E-state index contributed by atoms with van der Waals surface area (Å²) in [4.78, 5) is 16.3. The lowest BCUT2D eigenvalue weighted by Gasteiger charge is -2.11. The predicted molar refractivity (Wildman–Crippen MR) is 85.5 cm³/mol. The second-order valence-electron chi connectivity index (χ2n) is 4.98. The summed E-state index contributed by atoms with van der Waals surface area (Å²) >= 11 is 3.20. The van der Waals surface area contributed by atoms with Crippen LogP contribution in [0.2, 0.25) is 0 Å². The van der Waals surface area contributed by atoms with Crippen LogP contribution in [0.15, 0.2) is 36.6 Å². The molecule has 120 valence electrons. The lowest BCUT2D eigenvalue weighted by atomic mass is 10.1. The topological polar surface area (TPSA) is 83.3 Å². The van der Waals surface area contributed by atoms with Crippen molar-refractivity contribution in [2.75, 3.05) is 7.11 Å². The van der Waals surface area contributed by atoms with Crippen LogP contribution in [0.4, 0.5) is 0 Å². The zero-order valence-electron chi connectivity index (χ0n) is 12.8. The van der Waals surface area contributed by atoms with Gasteiger partial charge in [-0.2, -0.15) is 4.68 Å². The fourth-order valence-electron chi connectivity index (χ4n) is 2.31. The molecule has 0 N–H and O–H groups in total. The van der Waals surface area contributed by atoms with Crippen molar-refractivity contribution in [3.05, 3.63) is 50.4 Å². The molecule has 0 aromatic carbocycles. The minimum atomic E-state index is -0.576. The number of nitrogens with zero attached hydrogens (tertiary/aromatic N) is 3. The molecular weight excluding hydrogens is 366 g/mol. The van der Waals surface area contributed by atoms with E-state index in [9.17, 15) is 4.79 Å². The van der Waals surface area contributed by atoms with Crippen LogP contribution in [0.5, 0.6) is 5.75 Å². The third kappa shape index (κ3) is 2.94. The molecule has 23 heavy (non-hydrogen) atoms. The van der Waals surface area contributed by atoms with Gasteiger partial charge in [0.2, 0.25) is 0 Å². The summed E-state index contributed by atoms with van der Waals surface area (Å²) in [5.41, 5.74) is 2.49. The van der Waals surface area contributed by atoms with Crippen molar-refractivity contribution in [2.24, 2.45) is 0 Å². The van der Waals surface area contributed by atoms with Crippen LogP contribution in [0.25, 0.3) is 11.7 Å². The van der Waals surface area contributed by atoms with Crippen LogP contribution in [-0.2, 0) is 6.54 Å². The SMILES string of the molecule is COc1c(C)cnc(Cn2nc(-c3ccc(Br)o3)oc2=O)c1C. The molecule has 0 radical (unpaired) electrons. The maximum absolute atomic E-state index is 12.0. The summed E-state index contributed by atoms with van der Waals surface area (Å²) in [5.74, 6) is 0.673. The molecule has 0 saturated carbocycles. The molecule has 0 aliphatic heterocycles. The Morgan fingerprint density at radius 1 is 1.30 bits per heavy atom. The monoisotopic (exact) mass is 379 g/mol. The molecule has 0 atom stereocenters. The molecule has 0 spiro atoms. The largest absolute Gasteiger partial charge is 0.496 e. The van der Waals surface area contributed by atoms with Gasteiger partial charge in [-0.3, -0.25) is 4.98 Å². The summed E-state index contributed by atoms with van der Waals surface area (Å²) in [6.45, 7) is 3.99. The number of furan rings is 1. The number of ether oxygens (including phenoxy) is 1. The van der Waals surface area contributed by atoms with Gasteiger partial charge in [-0.15, -0.1) is 5.10 Å². The first-order valence-corrected chi connectivity index (χ1v) is 7.61. The van der Waals surface area contributed by atoms with Gasteiger partial charge in [0.25, 0.3) is 5.89 Å². The normalized spacial score (nSPS) is 11.0. The van der Waals surface area contributed by atoms with E-state index < -0.39 is 5.76 Å². The van der Waals surface area contributed by atoms with Gasteiger partial charge in [-0.25, -0.2) is 4.79 Å². The van der Waals surface area contributed by atoms with Crippen molar-refractivity contribution >= 4 is 15.9 Å². The van der Waals surface area contributed by atoms with Gasteiger partial charge in [0.1, 0.15) is 5.75 Å². The number of rotatable bonds is 4. The van der Waals surface area contributed by atoms with Gasteiger partial charge in [-0.1, -0.05) is 0 Å². The van der Waals surface area contributed by atoms with Gasteiger partial charge in [0.05, 0.1) is 19.3 Å². The van der Waals surface area contributed by atoms with Gasteiger partial charge < -0.3 is 13.6 Å². The van der Waals surface area contributed by atoms with Crippen LogP contribution in [-0.4, -0.2) is 21.9 Å². The second kappa shape index (κ2) is 6.04. The molecule has 0 aliphatic rings. The van der Waals surface area contributed by atoms with E-state index in [1.807, 2.05) is 13.8 Å². The zero-order chi connectivity index (χ0) is 16.6. The van der Waals surface area contributed by atoms with Crippen LogP contribution < -0.4 is 10.5 Å². The van der Waals surface area contributed by atoms with Gasteiger partial charge >= 0.3 is 5.76 Å². The molecule has 0 amide bonds. The lowest BCUT2D eigenvalue weighted by Crippen LogP contribution is -2.18. The number of hydrogen-bond acceptors (Lipinski definition) is 6. The quantitative estimate of drug-likeness (QED) is 0.692. The van der Waals surface area contributed by atoms with Gasteiger partial charge in [-0.05, 0) is 41.9 Å². The first-order valence-electron chi connectivity index (χ1n) is 6.82. The molecule has 0 fully saturated rings. The van der Waals surface area contributed by atoms with E-state index >= 15 is 0 Å². The van der Waals surface area contributed by atoms with Crippen molar-refractivity contribution in [1.29, 1.82) is 0 Å². The lowest BCUT2D eigenvalue weighted by molar-refractivity contribution is 0.406. The van der Waals surface area contributed by atoms with E-state index in [4.69, 9.17) is 13.6 Å². The zero-order valence-corrected chi connectivity index (χ0v) is 14.4. The minimum absolute atomic E-state index is 0.123. The number of aryl methyl sites for hydroxylation is 1. The highest BCUT2D eigenvalue weighted by molar-refractivity contribution is 9.10. The number of methoxy groups -OCH3 is 1. The Morgan fingerprint density at radius 3 is 2.74 bits per heavy atom. The smallest absolute Gasteiger partial charge is 0.437 e. The highest BCUT2D eigenvalue weighted by Gasteiger charge is 2.16. The van der Waals surface area contributed by atoms with Crippen molar-refractivity contribution in [2.45, 2.75) is 20.4 Å². The molecule has 7 nitrogen and oxygen atoms in total. The van der Waals surface area contributed by atoms with Crippen LogP contribution in [0.3, 0.4) is 0 Å². The Hall–Kier alpha value is -2.35. The summed E-state index contributed by atoms with van der Waals surface area (Å²) < 4.78 is 17.6. The average molecular weight is 380 g/mol. The van der Waals surface area contributed by atoms with Crippen LogP contribution in [0.1, 0.15) is 16.8 Å². The van der Waals surface area contributed by atoms with E-state index in [-0.39, 0.29) is 12.4 Å². The second-order valence-corrected chi connectivity index (χ2v) is 5.76. The van der Waals surface area contributed by atoms with Crippen molar-refractivity contribution < 1.29 is 13.6 Å². The Morgan fingerprint density at radius 2 is 2.09 bits per heavy atom. The van der Waals surface area contributed by atoms with E-state index in [0.717, 1.165) is 16.9 Å². The standard InChI is InChI=1S/C15H14BrN3O4/c1-8-6-17-10(9(2)13(8)21-3)7-19-15(20)23-14(18-19)11-4-5-12(16)22-11/h4-6H,7H2,1-3H3.